The fourth-order valence-electron chi connectivity index (χ4n) is 3.03. The van der Waals surface area contributed by atoms with Crippen LogP contribution in [0.2, 0.25) is 0 Å². The van der Waals surface area contributed by atoms with Crippen molar-refractivity contribution in [1.82, 2.24) is 9.88 Å². The van der Waals surface area contributed by atoms with Crippen molar-refractivity contribution >= 4 is 67.6 Å². The van der Waals surface area contributed by atoms with Crippen molar-refractivity contribution in [3.63, 3.8) is 0 Å². The predicted octanol–water partition coefficient (Wildman–Crippen LogP) is 4.65. The molecule has 0 saturated carbocycles. The Morgan fingerprint density at radius 2 is 1.90 bits per heavy atom. The highest BCUT2D eigenvalue weighted by molar-refractivity contribution is 14.1. The normalized spacial score (nSPS) is 12.3. The van der Waals surface area contributed by atoms with Crippen LogP contribution >= 0.6 is 46.3 Å². The maximum atomic E-state index is 13.3. The summed E-state index contributed by atoms with van der Waals surface area (Å²) in [4.78, 5) is 22.0. The number of ether oxygens (including phenoxy) is 2. The van der Waals surface area contributed by atoms with Crippen LogP contribution in [-0.4, -0.2) is 49.8 Å². The summed E-state index contributed by atoms with van der Waals surface area (Å²) in [6.07, 6.45) is 0.862. The van der Waals surface area contributed by atoms with E-state index in [9.17, 15) is 4.79 Å². The zero-order valence-electron chi connectivity index (χ0n) is 16.1. The largest absolute Gasteiger partial charge is 0.454 e. The minimum Gasteiger partial charge on any atom is -0.454 e. The number of amides is 1. The van der Waals surface area contributed by atoms with Crippen molar-refractivity contribution in [2.24, 2.45) is 0 Å². The Morgan fingerprint density at radius 3 is 2.62 bits per heavy atom. The van der Waals surface area contributed by atoms with E-state index < -0.39 is 0 Å². The first-order valence-corrected chi connectivity index (χ1v) is 10.8. The molecule has 29 heavy (non-hydrogen) atoms. The Kier molecular flexibility index (Phi) is 7.20. The number of benzene rings is 2. The first kappa shape index (κ1) is 22.1. The molecule has 0 bridgehead atoms. The molecule has 0 N–H and O–H groups in total. The Morgan fingerprint density at radius 1 is 1.17 bits per heavy atom. The molecule has 3 aromatic rings. The molecule has 1 aliphatic heterocycles. The summed E-state index contributed by atoms with van der Waals surface area (Å²) in [5.41, 5.74) is 1.51. The minimum absolute atomic E-state index is 0. The van der Waals surface area contributed by atoms with Gasteiger partial charge >= 0.3 is 0 Å². The van der Waals surface area contributed by atoms with Gasteiger partial charge < -0.3 is 14.4 Å². The van der Waals surface area contributed by atoms with Crippen molar-refractivity contribution in [3.8, 4) is 11.5 Å². The van der Waals surface area contributed by atoms with Gasteiger partial charge in [0.2, 0.25) is 6.79 Å². The number of nitrogens with zero attached hydrogens (tertiary/aromatic N) is 3. The lowest BCUT2D eigenvalue weighted by molar-refractivity contribution is 0.0985. The Hall–Kier alpha value is -1.62. The lowest BCUT2D eigenvalue weighted by Crippen LogP contribution is -2.33. The van der Waals surface area contributed by atoms with Crippen LogP contribution in [0.5, 0.6) is 11.5 Å². The number of hydrogen-bond donors (Lipinski definition) is 0. The van der Waals surface area contributed by atoms with Crippen LogP contribution in [0.4, 0.5) is 5.13 Å². The Labute approximate surface area is 193 Å². The number of anilines is 1. The van der Waals surface area contributed by atoms with E-state index >= 15 is 0 Å². The van der Waals surface area contributed by atoms with Crippen LogP contribution in [0.15, 0.2) is 36.4 Å². The number of aromatic nitrogens is 1. The van der Waals surface area contributed by atoms with Crippen molar-refractivity contribution in [2.45, 2.75) is 6.42 Å². The average molecular weight is 546 g/mol. The Bertz CT molecular complexity index is 986. The second kappa shape index (κ2) is 9.46. The zero-order chi connectivity index (χ0) is 19.7. The lowest BCUT2D eigenvalue weighted by atomic mass is 10.2. The van der Waals surface area contributed by atoms with Crippen molar-refractivity contribution in [1.29, 1.82) is 0 Å². The third-order valence-electron chi connectivity index (χ3n) is 4.44. The third kappa shape index (κ3) is 4.76. The molecule has 6 nitrogen and oxygen atoms in total. The lowest BCUT2D eigenvalue weighted by Gasteiger charge is -2.21. The molecule has 0 spiro atoms. The molecular formula is C20H21ClIN3O3S. The number of rotatable bonds is 6. The van der Waals surface area contributed by atoms with Crippen LogP contribution < -0.4 is 14.4 Å². The van der Waals surface area contributed by atoms with E-state index in [2.05, 4.69) is 27.5 Å². The number of thiazole rings is 1. The van der Waals surface area contributed by atoms with Crippen LogP contribution in [0.25, 0.3) is 10.2 Å². The summed E-state index contributed by atoms with van der Waals surface area (Å²) in [5, 5.41) is 0.696. The smallest absolute Gasteiger partial charge is 0.261 e. The summed E-state index contributed by atoms with van der Waals surface area (Å²) < 4.78 is 12.8. The van der Waals surface area contributed by atoms with Gasteiger partial charge in [-0.15, -0.1) is 12.4 Å². The summed E-state index contributed by atoms with van der Waals surface area (Å²) in [6, 6.07) is 11.5. The van der Waals surface area contributed by atoms with E-state index in [-0.39, 0.29) is 25.1 Å². The van der Waals surface area contributed by atoms with Gasteiger partial charge in [-0.1, -0.05) is 23.5 Å². The highest BCUT2D eigenvalue weighted by atomic mass is 127. The molecule has 0 aliphatic carbocycles. The standard InChI is InChI=1S/C20H20IN3O3S.ClH/c1-23(2)8-5-9-24(19(25)13-6-3-4-7-14(13)21)20-22-15-10-16-17(27-12-26-16)11-18(15)28-20;/h3-4,6-7,10-11H,5,8-9,12H2,1-2H3;1H. The molecule has 9 heteroatoms. The molecule has 0 atom stereocenters. The van der Waals surface area contributed by atoms with Gasteiger partial charge in [0.05, 0.1) is 15.8 Å². The molecular weight excluding hydrogens is 525 g/mol. The van der Waals surface area contributed by atoms with E-state index in [1.54, 1.807) is 4.90 Å². The molecule has 0 radical (unpaired) electrons. The predicted molar refractivity (Wildman–Crippen MR) is 127 cm³/mol. The molecule has 154 valence electrons. The van der Waals surface area contributed by atoms with Crippen molar-refractivity contribution in [2.75, 3.05) is 38.9 Å². The molecule has 0 saturated heterocycles. The fraction of sp³-hybridized carbons (Fsp3) is 0.300. The summed E-state index contributed by atoms with van der Waals surface area (Å²) in [7, 11) is 4.07. The van der Waals surface area contributed by atoms with Crippen LogP contribution in [0.1, 0.15) is 16.8 Å². The molecule has 0 unspecified atom stereocenters. The molecule has 1 amide bonds. The molecule has 4 rings (SSSR count). The first-order valence-electron chi connectivity index (χ1n) is 8.94. The van der Waals surface area contributed by atoms with Gasteiger partial charge in [-0.05, 0) is 61.8 Å². The van der Waals surface area contributed by atoms with E-state index in [4.69, 9.17) is 14.5 Å². The summed E-state index contributed by atoms with van der Waals surface area (Å²) >= 11 is 3.71. The van der Waals surface area contributed by atoms with Gasteiger partial charge in [0.1, 0.15) is 0 Å². The SMILES string of the molecule is CN(C)CCCN(C(=O)c1ccccc1I)c1nc2cc3c(cc2s1)OCO3.Cl. The van der Waals surface area contributed by atoms with Gasteiger partial charge in [0, 0.05) is 22.2 Å². The molecule has 2 aromatic carbocycles. The van der Waals surface area contributed by atoms with Crippen molar-refractivity contribution < 1.29 is 14.3 Å². The van der Waals surface area contributed by atoms with Gasteiger partial charge in [-0.2, -0.15) is 0 Å². The minimum atomic E-state index is -0.0251. The summed E-state index contributed by atoms with van der Waals surface area (Å²) in [6.45, 7) is 1.74. The first-order chi connectivity index (χ1) is 13.5. The fourth-order valence-corrected chi connectivity index (χ4v) is 4.65. The number of fused-ring (bicyclic) bond motifs is 2. The van der Waals surface area contributed by atoms with Crippen LogP contribution in [0.3, 0.4) is 0 Å². The van der Waals surface area contributed by atoms with E-state index in [0.29, 0.717) is 23.0 Å². The van der Waals surface area contributed by atoms with E-state index in [1.807, 2.05) is 50.5 Å². The van der Waals surface area contributed by atoms with Gasteiger partial charge in [0.15, 0.2) is 16.6 Å². The van der Waals surface area contributed by atoms with E-state index in [0.717, 1.165) is 32.5 Å². The van der Waals surface area contributed by atoms with Crippen LogP contribution in [0, 0.1) is 3.57 Å². The summed E-state index contributed by atoms with van der Waals surface area (Å²) in [5.74, 6) is 1.40. The second-order valence-corrected chi connectivity index (χ2v) is 8.93. The molecule has 2 heterocycles. The second-order valence-electron chi connectivity index (χ2n) is 6.76. The quantitative estimate of drug-likeness (QED) is 0.422. The zero-order valence-corrected chi connectivity index (χ0v) is 19.8. The van der Waals surface area contributed by atoms with E-state index in [1.165, 1.54) is 11.3 Å². The van der Waals surface area contributed by atoms with Gasteiger partial charge in [0.25, 0.3) is 5.91 Å². The molecule has 0 fully saturated rings. The number of carbonyl (C=O) groups excluding carboxylic acids is 1. The van der Waals surface area contributed by atoms with Crippen molar-refractivity contribution in [3.05, 3.63) is 45.5 Å². The third-order valence-corrected chi connectivity index (χ3v) is 6.42. The number of carbonyl (C=O) groups is 1. The maximum absolute atomic E-state index is 13.3. The van der Waals surface area contributed by atoms with Crippen LogP contribution in [-0.2, 0) is 0 Å². The topological polar surface area (TPSA) is 54.9 Å². The highest BCUT2D eigenvalue weighted by Gasteiger charge is 2.24. The van der Waals surface area contributed by atoms with Gasteiger partial charge in [-0.25, -0.2) is 4.98 Å². The monoisotopic (exact) mass is 545 g/mol. The maximum Gasteiger partial charge on any atom is 0.261 e. The average Bonchev–Trinajstić information content (AvgIpc) is 3.28. The Balaban J connectivity index is 0.00000240. The number of hydrogen-bond acceptors (Lipinski definition) is 6. The molecule has 1 aliphatic rings. The highest BCUT2D eigenvalue weighted by Crippen LogP contribution is 2.40. The molecule has 1 aromatic heterocycles. The van der Waals surface area contributed by atoms with Gasteiger partial charge in [-0.3, -0.25) is 9.69 Å². The number of halogens is 2.